The summed E-state index contributed by atoms with van der Waals surface area (Å²) in [5.74, 6) is -0.871. The molecule has 0 spiro atoms. The van der Waals surface area contributed by atoms with Crippen LogP contribution in [0.5, 0.6) is 0 Å². The Morgan fingerprint density at radius 2 is 1.96 bits per heavy atom. The number of carbonyl (C=O) groups excluding carboxylic acids is 1. The lowest BCUT2D eigenvalue weighted by Gasteiger charge is -2.18. The van der Waals surface area contributed by atoms with Gasteiger partial charge in [-0.05, 0) is 32.3 Å². The minimum absolute atomic E-state index is 0.0104. The molecule has 0 saturated heterocycles. The molecule has 6 nitrogen and oxygen atoms in total. The van der Waals surface area contributed by atoms with E-state index in [1.807, 2.05) is 44.2 Å². The number of urea groups is 1. The van der Waals surface area contributed by atoms with E-state index in [0.29, 0.717) is 17.8 Å². The molecule has 1 heterocycles. The van der Waals surface area contributed by atoms with Crippen LogP contribution in [-0.4, -0.2) is 28.1 Å². The monoisotopic (exact) mass is 347 g/mol. The fourth-order valence-electron chi connectivity index (χ4n) is 2.39. The molecule has 1 aromatic carbocycles. The summed E-state index contributed by atoms with van der Waals surface area (Å²) in [4.78, 5) is 27.3. The third-order valence-electron chi connectivity index (χ3n) is 3.50. The first-order valence-corrected chi connectivity index (χ1v) is 8.53. The van der Waals surface area contributed by atoms with Gasteiger partial charge in [0.05, 0.1) is 10.7 Å². The van der Waals surface area contributed by atoms with Gasteiger partial charge in [-0.2, -0.15) is 0 Å². The van der Waals surface area contributed by atoms with Crippen LogP contribution in [0.2, 0.25) is 0 Å². The van der Waals surface area contributed by atoms with Gasteiger partial charge in [-0.3, -0.25) is 10.1 Å². The number of aliphatic carboxylic acids is 1. The fraction of sp³-hybridized carbons (Fsp3) is 0.353. The molecule has 24 heavy (non-hydrogen) atoms. The molecule has 0 aliphatic heterocycles. The fourth-order valence-corrected chi connectivity index (χ4v) is 3.21. The second-order valence-corrected chi connectivity index (χ2v) is 6.77. The van der Waals surface area contributed by atoms with Crippen LogP contribution < -0.4 is 10.6 Å². The Balaban J connectivity index is 1.99. The Bertz CT molecular complexity index is 700. The molecule has 2 aromatic rings. The predicted octanol–water partition coefficient (Wildman–Crippen LogP) is 3.36. The standard InChI is InChI=1S/C17H21N3O3S/c1-11-16(24-12(2)18-11)20-17(23)19-14(8-9-15(21)22)10-13-6-4-3-5-7-13/h3-7,14H,8-10H2,1-2H3,(H,21,22)(H2,19,20,23). The molecule has 3 N–H and O–H groups in total. The van der Waals surface area contributed by atoms with Crippen molar-refractivity contribution in [3.05, 3.63) is 46.6 Å². The number of carboxylic acids is 1. The van der Waals surface area contributed by atoms with Gasteiger partial charge in [0.25, 0.3) is 0 Å². The Labute approximate surface area is 144 Å². The number of aryl methyl sites for hydroxylation is 2. The Hall–Kier alpha value is -2.41. The molecular formula is C17H21N3O3S. The molecule has 0 aliphatic rings. The van der Waals surface area contributed by atoms with Gasteiger partial charge in [-0.1, -0.05) is 30.3 Å². The van der Waals surface area contributed by atoms with Gasteiger partial charge in [-0.25, -0.2) is 9.78 Å². The quantitative estimate of drug-likeness (QED) is 0.716. The van der Waals surface area contributed by atoms with Crippen LogP contribution in [0.25, 0.3) is 0 Å². The van der Waals surface area contributed by atoms with Gasteiger partial charge in [0.1, 0.15) is 5.00 Å². The number of rotatable bonds is 7. The van der Waals surface area contributed by atoms with Gasteiger partial charge < -0.3 is 10.4 Å². The molecule has 2 amide bonds. The Morgan fingerprint density at radius 3 is 2.54 bits per heavy atom. The van der Waals surface area contributed by atoms with Gasteiger partial charge in [0.2, 0.25) is 0 Å². The first-order valence-electron chi connectivity index (χ1n) is 7.71. The number of hydrogen-bond donors (Lipinski definition) is 3. The molecule has 0 saturated carbocycles. The molecule has 1 unspecified atom stereocenters. The second-order valence-electron chi connectivity index (χ2n) is 5.56. The number of hydrogen-bond acceptors (Lipinski definition) is 4. The van der Waals surface area contributed by atoms with E-state index in [0.717, 1.165) is 16.3 Å². The molecular weight excluding hydrogens is 326 g/mol. The molecule has 0 radical (unpaired) electrons. The van der Waals surface area contributed by atoms with Crippen molar-refractivity contribution < 1.29 is 14.7 Å². The van der Waals surface area contributed by atoms with Crippen molar-refractivity contribution >= 4 is 28.3 Å². The lowest BCUT2D eigenvalue weighted by Crippen LogP contribution is -2.39. The summed E-state index contributed by atoms with van der Waals surface area (Å²) in [6.45, 7) is 3.72. The first kappa shape index (κ1) is 17.9. The second kappa shape index (κ2) is 8.44. The summed E-state index contributed by atoms with van der Waals surface area (Å²) in [7, 11) is 0. The minimum atomic E-state index is -0.871. The molecule has 0 aliphatic carbocycles. The maximum atomic E-state index is 12.2. The summed E-state index contributed by atoms with van der Waals surface area (Å²) in [6.07, 6.45) is 0.969. The average molecular weight is 347 g/mol. The Kier molecular flexibility index (Phi) is 6.31. The maximum absolute atomic E-state index is 12.2. The Morgan fingerprint density at radius 1 is 1.25 bits per heavy atom. The smallest absolute Gasteiger partial charge is 0.320 e. The van der Waals surface area contributed by atoms with E-state index in [1.54, 1.807) is 0 Å². The van der Waals surface area contributed by atoms with Crippen molar-refractivity contribution in [1.29, 1.82) is 0 Å². The average Bonchev–Trinajstić information content (AvgIpc) is 2.83. The lowest BCUT2D eigenvalue weighted by atomic mass is 10.0. The largest absolute Gasteiger partial charge is 0.481 e. The zero-order valence-corrected chi connectivity index (χ0v) is 14.5. The number of anilines is 1. The van der Waals surface area contributed by atoms with Crippen LogP contribution in [0.15, 0.2) is 30.3 Å². The van der Waals surface area contributed by atoms with Gasteiger partial charge in [0, 0.05) is 12.5 Å². The van der Waals surface area contributed by atoms with E-state index in [1.165, 1.54) is 11.3 Å². The summed E-state index contributed by atoms with van der Waals surface area (Å²) >= 11 is 1.41. The highest BCUT2D eigenvalue weighted by Crippen LogP contribution is 2.23. The van der Waals surface area contributed by atoms with Gasteiger partial charge in [0.15, 0.2) is 0 Å². The van der Waals surface area contributed by atoms with Crippen molar-refractivity contribution in [3.8, 4) is 0 Å². The molecule has 0 fully saturated rings. The van der Waals surface area contributed by atoms with E-state index < -0.39 is 5.97 Å². The van der Waals surface area contributed by atoms with E-state index in [-0.39, 0.29) is 18.5 Å². The summed E-state index contributed by atoms with van der Waals surface area (Å²) in [5.41, 5.74) is 1.83. The molecule has 0 bridgehead atoms. The molecule has 1 atom stereocenters. The lowest BCUT2D eigenvalue weighted by molar-refractivity contribution is -0.137. The third-order valence-corrected chi connectivity index (χ3v) is 4.49. The van der Waals surface area contributed by atoms with Crippen molar-refractivity contribution in [2.24, 2.45) is 0 Å². The number of nitrogens with zero attached hydrogens (tertiary/aromatic N) is 1. The number of aromatic nitrogens is 1. The van der Waals surface area contributed by atoms with Gasteiger partial charge in [-0.15, -0.1) is 11.3 Å². The van der Waals surface area contributed by atoms with Crippen LogP contribution in [0.1, 0.15) is 29.1 Å². The zero-order valence-electron chi connectivity index (χ0n) is 13.7. The molecule has 2 rings (SSSR count). The topological polar surface area (TPSA) is 91.3 Å². The molecule has 1 aromatic heterocycles. The van der Waals surface area contributed by atoms with Crippen LogP contribution in [0.4, 0.5) is 9.80 Å². The molecule has 128 valence electrons. The van der Waals surface area contributed by atoms with Gasteiger partial charge >= 0.3 is 12.0 Å². The normalized spacial score (nSPS) is 11.8. The number of benzene rings is 1. The van der Waals surface area contributed by atoms with E-state index >= 15 is 0 Å². The number of thiazole rings is 1. The van der Waals surface area contributed by atoms with Crippen molar-refractivity contribution in [2.75, 3.05) is 5.32 Å². The highest BCUT2D eigenvalue weighted by Gasteiger charge is 2.16. The van der Waals surface area contributed by atoms with Crippen LogP contribution in [-0.2, 0) is 11.2 Å². The number of carbonyl (C=O) groups is 2. The SMILES string of the molecule is Cc1nc(C)c(NC(=O)NC(CCC(=O)O)Cc2ccccc2)s1. The minimum Gasteiger partial charge on any atom is -0.481 e. The third kappa shape index (κ3) is 5.66. The van der Waals surface area contributed by atoms with E-state index in [9.17, 15) is 9.59 Å². The number of carboxylic acid groups (broad SMARTS) is 1. The van der Waals surface area contributed by atoms with Crippen LogP contribution >= 0.6 is 11.3 Å². The van der Waals surface area contributed by atoms with E-state index in [2.05, 4.69) is 15.6 Å². The van der Waals surface area contributed by atoms with Crippen molar-refractivity contribution in [1.82, 2.24) is 10.3 Å². The van der Waals surface area contributed by atoms with E-state index in [4.69, 9.17) is 5.11 Å². The highest BCUT2D eigenvalue weighted by molar-refractivity contribution is 7.16. The maximum Gasteiger partial charge on any atom is 0.320 e. The van der Waals surface area contributed by atoms with Crippen molar-refractivity contribution in [2.45, 2.75) is 39.2 Å². The van der Waals surface area contributed by atoms with Crippen molar-refractivity contribution in [3.63, 3.8) is 0 Å². The summed E-state index contributed by atoms with van der Waals surface area (Å²) < 4.78 is 0. The molecule has 7 heteroatoms. The summed E-state index contributed by atoms with van der Waals surface area (Å²) in [5, 5.41) is 16.2. The summed E-state index contributed by atoms with van der Waals surface area (Å²) in [6, 6.07) is 9.10. The zero-order chi connectivity index (χ0) is 17.5. The highest BCUT2D eigenvalue weighted by atomic mass is 32.1. The predicted molar refractivity (Wildman–Crippen MR) is 94.5 cm³/mol. The number of nitrogens with one attached hydrogen (secondary N) is 2. The number of amides is 2. The van der Waals surface area contributed by atoms with Crippen LogP contribution in [0.3, 0.4) is 0 Å². The first-order chi connectivity index (χ1) is 11.4. The van der Waals surface area contributed by atoms with Crippen LogP contribution in [0, 0.1) is 13.8 Å².